The van der Waals surface area contributed by atoms with E-state index in [1.807, 2.05) is 0 Å². The molecule has 2 atom stereocenters. The Morgan fingerprint density at radius 1 is 1.15 bits per heavy atom. The summed E-state index contributed by atoms with van der Waals surface area (Å²) in [6.07, 6.45) is 13.1. The van der Waals surface area contributed by atoms with Crippen LogP contribution < -0.4 is 0 Å². The van der Waals surface area contributed by atoms with Gasteiger partial charge in [-0.2, -0.15) is 0 Å². The summed E-state index contributed by atoms with van der Waals surface area (Å²) in [4.78, 5) is 0. The number of allylic oxidation sites excluding steroid dienone is 4. The minimum absolute atomic E-state index is 0.708. The van der Waals surface area contributed by atoms with E-state index >= 15 is 0 Å². The molecule has 0 aromatic carbocycles. The number of fused-ring (bicyclic) bond motifs is 1. The fraction of sp³-hybridized carbons (Fsp3) is 0.692. The average Bonchev–Trinajstić information content (AvgIpc) is 2.17. The molecule has 0 bridgehead atoms. The van der Waals surface area contributed by atoms with Crippen molar-refractivity contribution >= 4 is 0 Å². The van der Waals surface area contributed by atoms with Gasteiger partial charge in [-0.15, -0.1) is 0 Å². The van der Waals surface area contributed by atoms with Crippen molar-refractivity contribution in [2.45, 2.75) is 39.5 Å². The molecule has 0 N–H and O–H groups in total. The van der Waals surface area contributed by atoms with E-state index < -0.39 is 0 Å². The van der Waals surface area contributed by atoms with Crippen molar-refractivity contribution in [2.24, 2.45) is 17.8 Å². The zero-order valence-corrected chi connectivity index (χ0v) is 8.79. The lowest BCUT2D eigenvalue weighted by Crippen LogP contribution is -2.19. The highest BCUT2D eigenvalue weighted by molar-refractivity contribution is 5.27. The van der Waals surface area contributed by atoms with Crippen LogP contribution >= 0.6 is 0 Å². The van der Waals surface area contributed by atoms with Gasteiger partial charge in [0.1, 0.15) is 0 Å². The van der Waals surface area contributed by atoms with Crippen LogP contribution in [0.4, 0.5) is 0 Å². The normalized spacial score (nSPS) is 33.0. The third-order valence-corrected chi connectivity index (χ3v) is 3.48. The summed E-state index contributed by atoms with van der Waals surface area (Å²) in [5.41, 5.74) is 1.56. The summed E-state index contributed by atoms with van der Waals surface area (Å²) >= 11 is 0. The first-order chi connectivity index (χ1) is 6.27. The van der Waals surface area contributed by atoms with Gasteiger partial charge >= 0.3 is 0 Å². The van der Waals surface area contributed by atoms with Crippen molar-refractivity contribution in [1.82, 2.24) is 0 Å². The molecule has 2 unspecified atom stereocenters. The summed E-state index contributed by atoms with van der Waals surface area (Å²) in [6, 6.07) is 0. The van der Waals surface area contributed by atoms with Crippen molar-refractivity contribution in [2.75, 3.05) is 0 Å². The largest absolute Gasteiger partial charge is 0.0806 e. The fourth-order valence-corrected chi connectivity index (χ4v) is 2.56. The molecule has 0 heteroatoms. The molecule has 0 radical (unpaired) electrons. The molecule has 0 amide bonds. The third kappa shape index (κ3) is 1.87. The van der Waals surface area contributed by atoms with Gasteiger partial charge in [-0.05, 0) is 36.2 Å². The van der Waals surface area contributed by atoms with E-state index in [1.165, 1.54) is 25.7 Å². The second kappa shape index (κ2) is 3.69. The van der Waals surface area contributed by atoms with Crippen molar-refractivity contribution in [3.05, 3.63) is 23.8 Å². The monoisotopic (exact) mass is 176 g/mol. The highest BCUT2D eigenvalue weighted by Crippen LogP contribution is 2.36. The number of hydrogen-bond acceptors (Lipinski definition) is 0. The lowest BCUT2D eigenvalue weighted by atomic mass is 9.74. The molecule has 1 saturated carbocycles. The quantitative estimate of drug-likeness (QED) is 0.567. The first kappa shape index (κ1) is 9.05. The molecule has 72 valence electrons. The van der Waals surface area contributed by atoms with Crippen LogP contribution in [0, 0.1) is 17.8 Å². The molecule has 0 aromatic rings. The van der Waals surface area contributed by atoms with Crippen molar-refractivity contribution < 1.29 is 0 Å². The van der Waals surface area contributed by atoms with Crippen LogP contribution in [0.25, 0.3) is 0 Å². The molecule has 2 aliphatic rings. The minimum Gasteiger partial charge on any atom is -0.0806 e. The first-order valence-corrected chi connectivity index (χ1v) is 5.67. The van der Waals surface area contributed by atoms with Crippen LogP contribution in [0.3, 0.4) is 0 Å². The maximum Gasteiger partial charge on any atom is -0.0164 e. The molecule has 2 aliphatic carbocycles. The Morgan fingerprint density at radius 2 is 1.85 bits per heavy atom. The van der Waals surface area contributed by atoms with Gasteiger partial charge in [-0.25, -0.2) is 0 Å². The van der Waals surface area contributed by atoms with Gasteiger partial charge in [-0.1, -0.05) is 44.9 Å². The van der Waals surface area contributed by atoms with Gasteiger partial charge in [0.15, 0.2) is 0 Å². The molecule has 0 nitrogen and oxygen atoms in total. The summed E-state index contributed by atoms with van der Waals surface area (Å²) in [5, 5.41) is 0. The van der Waals surface area contributed by atoms with E-state index in [1.54, 1.807) is 5.57 Å². The molecule has 1 fully saturated rings. The second-order valence-electron chi connectivity index (χ2n) is 4.79. The summed E-state index contributed by atoms with van der Waals surface area (Å²) < 4.78 is 0. The lowest BCUT2D eigenvalue weighted by Gasteiger charge is -2.31. The maximum absolute atomic E-state index is 2.54. The van der Waals surface area contributed by atoms with E-state index in [2.05, 4.69) is 32.1 Å². The van der Waals surface area contributed by atoms with Crippen molar-refractivity contribution in [1.29, 1.82) is 0 Å². The molecule has 0 aromatic heterocycles. The number of hydrogen-bond donors (Lipinski definition) is 0. The van der Waals surface area contributed by atoms with Crippen LogP contribution in [0.1, 0.15) is 39.5 Å². The van der Waals surface area contributed by atoms with E-state index in [-0.39, 0.29) is 0 Å². The van der Waals surface area contributed by atoms with Gasteiger partial charge in [0.2, 0.25) is 0 Å². The van der Waals surface area contributed by atoms with E-state index in [9.17, 15) is 0 Å². The van der Waals surface area contributed by atoms with Gasteiger partial charge in [-0.3, -0.25) is 0 Å². The van der Waals surface area contributed by atoms with E-state index in [0.29, 0.717) is 5.92 Å². The van der Waals surface area contributed by atoms with Crippen LogP contribution in [-0.4, -0.2) is 0 Å². The maximum atomic E-state index is 2.54. The van der Waals surface area contributed by atoms with Crippen LogP contribution in [0.15, 0.2) is 23.8 Å². The molecular weight excluding hydrogens is 156 g/mol. The SMILES string of the molecule is CC(C)C1=CC2CCCCC2C=C1. The highest BCUT2D eigenvalue weighted by Gasteiger charge is 2.24. The van der Waals surface area contributed by atoms with Crippen LogP contribution in [-0.2, 0) is 0 Å². The Balaban J connectivity index is 2.11. The van der Waals surface area contributed by atoms with Crippen molar-refractivity contribution in [3.8, 4) is 0 Å². The molecular formula is C13H20. The van der Waals surface area contributed by atoms with Crippen LogP contribution in [0.5, 0.6) is 0 Å². The Morgan fingerprint density at radius 3 is 2.54 bits per heavy atom. The molecule has 0 heterocycles. The third-order valence-electron chi connectivity index (χ3n) is 3.48. The van der Waals surface area contributed by atoms with Gasteiger partial charge in [0, 0.05) is 0 Å². The summed E-state index contributed by atoms with van der Waals surface area (Å²) in [5.74, 6) is 2.45. The predicted molar refractivity (Wildman–Crippen MR) is 57.5 cm³/mol. The lowest BCUT2D eigenvalue weighted by molar-refractivity contribution is 0.331. The summed E-state index contributed by atoms with van der Waals surface area (Å²) in [6.45, 7) is 4.58. The fourth-order valence-electron chi connectivity index (χ4n) is 2.56. The first-order valence-electron chi connectivity index (χ1n) is 5.67. The van der Waals surface area contributed by atoms with E-state index in [0.717, 1.165) is 11.8 Å². The van der Waals surface area contributed by atoms with Gasteiger partial charge in [0.05, 0.1) is 0 Å². The Bertz CT molecular complexity index is 232. The Labute approximate surface area is 81.7 Å². The molecule has 2 rings (SSSR count). The highest BCUT2D eigenvalue weighted by atomic mass is 14.3. The van der Waals surface area contributed by atoms with Crippen molar-refractivity contribution in [3.63, 3.8) is 0 Å². The zero-order chi connectivity index (χ0) is 9.26. The molecule has 0 saturated heterocycles. The number of rotatable bonds is 1. The summed E-state index contributed by atoms with van der Waals surface area (Å²) in [7, 11) is 0. The smallest absolute Gasteiger partial charge is 0.0164 e. The van der Waals surface area contributed by atoms with Crippen LogP contribution in [0.2, 0.25) is 0 Å². The zero-order valence-electron chi connectivity index (χ0n) is 8.79. The topological polar surface area (TPSA) is 0 Å². The molecule has 13 heavy (non-hydrogen) atoms. The standard InChI is InChI=1S/C13H20/c1-10(2)12-8-7-11-5-3-4-6-13(11)9-12/h7-11,13H,3-6H2,1-2H3. The minimum atomic E-state index is 0.708. The van der Waals surface area contributed by atoms with Gasteiger partial charge < -0.3 is 0 Å². The molecule has 0 spiro atoms. The molecule has 0 aliphatic heterocycles. The predicted octanol–water partition coefficient (Wildman–Crippen LogP) is 3.95. The Hall–Kier alpha value is -0.520. The van der Waals surface area contributed by atoms with E-state index in [4.69, 9.17) is 0 Å². The van der Waals surface area contributed by atoms with Gasteiger partial charge in [0.25, 0.3) is 0 Å². The second-order valence-corrected chi connectivity index (χ2v) is 4.79. The average molecular weight is 176 g/mol. The Kier molecular flexibility index (Phi) is 2.57.